The minimum atomic E-state index is -0.178. The summed E-state index contributed by atoms with van der Waals surface area (Å²) in [6.07, 6.45) is 1.95. The van der Waals surface area contributed by atoms with E-state index in [2.05, 4.69) is 29.5 Å². The monoisotopic (exact) mass is 389 g/mol. The standard InChI is InChI=1S/C21H28ClN3O2/c1-7-17(8-2)25-18-11-14(5)23-21(19(18)24-15(6)26)27-20-12(3)9-16(22)10-13(20)4/h9-11,17H,7-8H2,1-6H3,(H,23,25)(H,24,26). The Bertz CT molecular complexity index is 809. The smallest absolute Gasteiger partial charge is 0.245 e. The lowest BCUT2D eigenvalue weighted by molar-refractivity contribution is -0.114. The van der Waals surface area contributed by atoms with Crippen molar-refractivity contribution in [3.8, 4) is 11.6 Å². The number of anilines is 2. The maximum atomic E-state index is 11.8. The molecular formula is C21H28ClN3O2. The molecule has 5 nitrogen and oxygen atoms in total. The highest BCUT2D eigenvalue weighted by atomic mass is 35.5. The summed E-state index contributed by atoms with van der Waals surface area (Å²) < 4.78 is 6.17. The Hall–Kier alpha value is -2.27. The molecule has 0 saturated carbocycles. The van der Waals surface area contributed by atoms with Crippen LogP contribution in [0.3, 0.4) is 0 Å². The molecule has 0 radical (unpaired) electrons. The summed E-state index contributed by atoms with van der Waals surface area (Å²) in [4.78, 5) is 16.4. The van der Waals surface area contributed by atoms with Crippen LogP contribution in [0, 0.1) is 20.8 Å². The van der Waals surface area contributed by atoms with Crippen molar-refractivity contribution >= 4 is 28.9 Å². The van der Waals surface area contributed by atoms with E-state index < -0.39 is 0 Å². The lowest BCUT2D eigenvalue weighted by Gasteiger charge is -2.22. The lowest BCUT2D eigenvalue weighted by Crippen LogP contribution is -2.20. The van der Waals surface area contributed by atoms with E-state index in [1.54, 1.807) is 0 Å². The number of ether oxygens (including phenoxy) is 1. The zero-order valence-electron chi connectivity index (χ0n) is 16.9. The zero-order chi connectivity index (χ0) is 20.1. The normalized spacial score (nSPS) is 10.8. The summed E-state index contributed by atoms with van der Waals surface area (Å²) >= 11 is 6.13. The number of amides is 1. The number of carbonyl (C=O) groups excluding carboxylic acids is 1. The summed E-state index contributed by atoms with van der Waals surface area (Å²) in [5, 5.41) is 7.04. The summed E-state index contributed by atoms with van der Waals surface area (Å²) in [5.74, 6) is 0.882. The molecule has 1 heterocycles. The molecule has 1 aromatic carbocycles. The number of aryl methyl sites for hydroxylation is 3. The highest BCUT2D eigenvalue weighted by Gasteiger charge is 2.18. The molecule has 0 unspecified atom stereocenters. The maximum Gasteiger partial charge on any atom is 0.245 e. The molecule has 0 aliphatic heterocycles. The first-order valence-electron chi connectivity index (χ1n) is 9.25. The first-order chi connectivity index (χ1) is 12.7. The molecule has 27 heavy (non-hydrogen) atoms. The molecule has 0 bridgehead atoms. The second-order valence-electron chi connectivity index (χ2n) is 6.80. The van der Waals surface area contributed by atoms with Gasteiger partial charge in [-0.25, -0.2) is 4.98 Å². The molecule has 0 fully saturated rings. The van der Waals surface area contributed by atoms with Crippen LogP contribution in [0.1, 0.15) is 50.4 Å². The largest absolute Gasteiger partial charge is 0.436 e. The molecule has 2 aromatic rings. The van der Waals surface area contributed by atoms with Crippen molar-refractivity contribution in [1.29, 1.82) is 0 Å². The van der Waals surface area contributed by atoms with Crippen LogP contribution in [-0.4, -0.2) is 16.9 Å². The molecule has 1 amide bonds. The third-order valence-electron chi connectivity index (χ3n) is 4.38. The molecule has 0 aliphatic rings. The van der Waals surface area contributed by atoms with Crippen LogP contribution in [0.25, 0.3) is 0 Å². The molecule has 0 atom stereocenters. The van der Waals surface area contributed by atoms with Gasteiger partial charge in [0.2, 0.25) is 11.8 Å². The van der Waals surface area contributed by atoms with Gasteiger partial charge in [0.15, 0.2) is 0 Å². The van der Waals surface area contributed by atoms with Crippen molar-refractivity contribution in [2.45, 2.75) is 60.4 Å². The number of pyridine rings is 1. The molecule has 2 N–H and O–H groups in total. The highest BCUT2D eigenvalue weighted by molar-refractivity contribution is 6.30. The van der Waals surface area contributed by atoms with Gasteiger partial charge in [-0.2, -0.15) is 0 Å². The van der Waals surface area contributed by atoms with Crippen LogP contribution in [-0.2, 0) is 4.79 Å². The number of nitrogens with zero attached hydrogens (tertiary/aromatic N) is 1. The molecule has 0 saturated heterocycles. The zero-order valence-corrected chi connectivity index (χ0v) is 17.6. The Labute approximate surface area is 166 Å². The second kappa shape index (κ2) is 9.09. The van der Waals surface area contributed by atoms with Crippen LogP contribution in [0.4, 0.5) is 11.4 Å². The third-order valence-corrected chi connectivity index (χ3v) is 4.60. The predicted octanol–water partition coefficient (Wildman–Crippen LogP) is 6.01. The van der Waals surface area contributed by atoms with Gasteiger partial charge >= 0.3 is 0 Å². The third kappa shape index (κ3) is 5.36. The van der Waals surface area contributed by atoms with E-state index in [1.165, 1.54) is 6.92 Å². The van der Waals surface area contributed by atoms with Crippen molar-refractivity contribution in [2.24, 2.45) is 0 Å². The van der Waals surface area contributed by atoms with Crippen molar-refractivity contribution in [1.82, 2.24) is 4.98 Å². The number of rotatable bonds is 7. The van der Waals surface area contributed by atoms with Crippen LogP contribution in [0.5, 0.6) is 11.6 Å². The quantitative estimate of drug-likeness (QED) is 0.608. The number of hydrogen-bond donors (Lipinski definition) is 2. The van der Waals surface area contributed by atoms with Gasteiger partial charge < -0.3 is 15.4 Å². The number of nitrogens with one attached hydrogen (secondary N) is 2. The van der Waals surface area contributed by atoms with E-state index in [9.17, 15) is 4.79 Å². The number of hydrogen-bond acceptors (Lipinski definition) is 4. The number of halogens is 1. The fourth-order valence-corrected chi connectivity index (χ4v) is 3.32. The first-order valence-corrected chi connectivity index (χ1v) is 9.63. The van der Waals surface area contributed by atoms with Crippen molar-refractivity contribution < 1.29 is 9.53 Å². The van der Waals surface area contributed by atoms with Crippen molar-refractivity contribution in [2.75, 3.05) is 10.6 Å². The predicted molar refractivity (Wildman–Crippen MR) is 112 cm³/mol. The van der Waals surface area contributed by atoms with E-state index in [0.717, 1.165) is 35.3 Å². The summed E-state index contributed by atoms with van der Waals surface area (Å²) in [6, 6.07) is 5.92. The van der Waals surface area contributed by atoms with Crippen molar-refractivity contribution in [3.05, 3.63) is 40.0 Å². The van der Waals surface area contributed by atoms with Gasteiger partial charge in [0.25, 0.3) is 0 Å². The molecular weight excluding hydrogens is 362 g/mol. The Kier molecular flexibility index (Phi) is 7.08. The molecule has 1 aromatic heterocycles. The minimum absolute atomic E-state index is 0.178. The molecule has 146 valence electrons. The van der Waals surface area contributed by atoms with E-state index >= 15 is 0 Å². The number of aromatic nitrogens is 1. The lowest BCUT2D eigenvalue weighted by atomic mass is 10.1. The topological polar surface area (TPSA) is 63.3 Å². The molecule has 0 aliphatic carbocycles. The van der Waals surface area contributed by atoms with Gasteiger partial charge in [0, 0.05) is 23.7 Å². The minimum Gasteiger partial charge on any atom is -0.436 e. The van der Waals surface area contributed by atoms with Gasteiger partial charge in [-0.05, 0) is 62.9 Å². The second-order valence-corrected chi connectivity index (χ2v) is 7.24. The van der Waals surface area contributed by atoms with E-state index in [1.807, 2.05) is 39.0 Å². The van der Waals surface area contributed by atoms with Gasteiger partial charge in [-0.15, -0.1) is 0 Å². The molecule has 6 heteroatoms. The first kappa shape index (κ1) is 21.0. The van der Waals surface area contributed by atoms with E-state index in [4.69, 9.17) is 16.3 Å². The van der Waals surface area contributed by atoms with Crippen LogP contribution >= 0.6 is 11.6 Å². The molecule has 0 spiro atoms. The van der Waals surface area contributed by atoms with Crippen molar-refractivity contribution in [3.63, 3.8) is 0 Å². The maximum absolute atomic E-state index is 11.8. The van der Waals surface area contributed by atoms with Crippen LogP contribution in [0.2, 0.25) is 5.02 Å². The van der Waals surface area contributed by atoms with E-state index in [0.29, 0.717) is 28.4 Å². The SMILES string of the molecule is CCC(CC)Nc1cc(C)nc(Oc2c(C)cc(Cl)cc2C)c1NC(C)=O. The van der Waals surface area contributed by atoms with Gasteiger partial charge in [-0.1, -0.05) is 25.4 Å². The number of carbonyl (C=O) groups is 1. The average molecular weight is 390 g/mol. The Morgan fingerprint density at radius 3 is 2.26 bits per heavy atom. The van der Waals surface area contributed by atoms with Crippen LogP contribution in [0.15, 0.2) is 18.2 Å². The number of benzene rings is 1. The van der Waals surface area contributed by atoms with Crippen LogP contribution < -0.4 is 15.4 Å². The fourth-order valence-electron chi connectivity index (χ4n) is 3.00. The fraction of sp³-hybridized carbons (Fsp3) is 0.429. The van der Waals surface area contributed by atoms with Gasteiger partial charge in [0.1, 0.15) is 11.4 Å². The Balaban J connectivity index is 2.54. The van der Waals surface area contributed by atoms with E-state index in [-0.39, 0.29) is 5.91 Å². The van der Waals surface area contributed by atoms with Gasteiger partial charge in [-0.3, -0.25) is 4.79 Å². The Morgan fingerprint density at radius 2 is 1.74 bits per heavy atom. The summed E-state index contributed by atoms with van der Waals surface area (Å²) in [7, 11) is 0. The summed E-state index contributed by atoms with van der Waals surface area (Å²) in [6.45, 7) is 11.5. The Morgan fingerprint density at radius 1 is 1.15 bits per heavy atom. The summed E-state index contributed by atoms with van der Waals surface area (Å²) in [5.41, 5.74) is 3.98. The average Bonchev–Trinajstić information content (AvgIpc) is 2.57. The van der Waals surface area contributed by atoms with Gasteiger partial charge in [0.05, 0.1) is 5.69 Å². The molecule has 2 rings (SSSR count). The highest BCUT2D eigenvalue weighted by Crippen LogP contribution is 2.38.